The summed E-state index contributed by atoms with van der Waals surface area (Å²) >= 11 is 0. The quantitative estimate of drug-likeness (QED) is 0.688. The predicted molar refractivity (Wildman–Crippen MR) is 112 cm³/mol. The number of benzene rings is 1. The Kier molecular flexibility index (Phi) is 4.74. The average Bonchev–Trinajstić information content (AvgIpc) is 3.41. The number of aliphatic imine (C=N–C) groups is 1. The highest BCUT2D eigenvalue weighted by atomic mass is 19.1. The van der Waals surface area contributed by atoms with Gasteiger partial charge in [0.05, 0.1) is 12.7 Å². The molecule has 1 aromatic carbocycles. The summed E-state index contributed by atoms with van der Waals surface area (Å²) in [5, 5.41) is 4.14. The number of fused-ring (bicyclic) bond motifs is 1. The van der Waals surface area contributed by atoms with E-state index in [1.165, 1.54) is 12.1 Å². The summed E-state index contributed by atoms with van der Waals surface area (Å²) < 4.78 is 24.5. The Morgan fingerprint density at radius 3 is 2.87 bits per heavy atom. The number of guanidine groups is 1. The minimum absolute atomic E-state index is 0.00436. The monoisotopic (exact) mass is 420 g/mol. The van der Waals surface area contributed by atoms with Crippen LogP contribution in [0.2, 0.25) is 0 Å². The second-order valence-electron chi connectivity index (χ2n) is 7.68. The van der Waals surface area contributed by atoms with Crippen molar-refractivity contribution in [3.05, 3.63) is 77.3 Å². The van der Waals surface area contributed by atoms with Gasteiger partial charge in [-0.1, -0.05) is 23.9 Å². The first kappa shape index (κ1) is 19.4. The van der Waals surface area contributed by atoms with E-state index >= 15 is 0 Å². The number of nitrogens with two attached hydrogens (primary N) is 1. The Balaban J connectivity index is 1.30. The Bertz CT molecular complexity index is 1170. The molecule has 2 atom stereocenters. The van der Waals surface area contributed by atoms with Gasteiger partial charge >= 0.3 is 0 Å². The second kappa shape index (κ2) is 7.59. The summed E-state index contributed by atoms with van der Waals surface area (Å²) in [5.74, 6) is 1.54. The first-order valence-electron chi connectivity index (χ1n) is 9.95. The van der Waals surface area contributed by atoms with E-state index in [4.69, 9.17) is 15.0 Å². The SMILES string of the molecule is C=C1c2c(C)ccnc2N=C(N)N1Cc1nc([C@@H]2CO[C@@H](c3ccc(F)cc3)C2)no1. The molecule has 5 rings (SSSR count). The fraction of sp³-hybridized carbons (Fsp3) is 0.273. The fourth-order valence-corrected chi connectivity index (χ4v) is 3.95. The molecule has 0 saturated carbocycles. The topological polar surface area (TPSA) is 103 Å². The lowest BCUT2D eigenvalue weighted by Gasteiger charge is -2.29. The zero-order valence-corrected chi connectivity index (χ0v) is 17.0. The van der Waals surface area contributed by atoms with Gasteiger partial charge in [0.1, 0.15) is 12.4 Å². The number of aryl methyl sites for hydroxylation is 1. The summed E-state index contributed by atoms with van der Waals surface area (Å²) in [7, 11) is 0. The van der Waals surface area contributed by atoms with Gasteiger partial charge in [-0.2, -0.15) is 9.98 Å². The van der Waals surface area contributed by atoms with Crippen molar-refractivity contribution in [1.82, 2.24) is 20.0 Å². The highest BCUT2D eigenvalue weighted by Gasteiger charge is 2.32. The Labute approximate surface area is 178 Å². The third-order valence-electron chi connectivity index (χ3n) is 5.63. The summed E-state index contributed by atoms with van der Waals surface area (Å²) in [6.45, 7) is 6.87. The largest absolute Gasteiger partial charge is 0.373 e. The van der Waals surface area contributed by atoms with Gasteiger partial charge in [0.15, 0.2) is 11.6 Å². The van der Waals surface area contributed by atoms with Gasteiger partial charge in [0.25, 0.3) is 0 Å². The molecule has 2 aliphatic rings. The standard InChI is InChI=1S/C22H21FN6O2/c1-12-7-8-25-21-19(12)13(2)29(22(24)27-21)10-18-26-20(28-31-18)15-9-17(30-11-15)14-3-5-16(23)6-4-14/h3-8,15,17H,2,9-11H2,1H3,(H2,24,25,27)/t15-,17+/m0/s1. The van der Waals surface area contributed by atoms with Crippen molar-refractivity contribution < 1.29 is 13.7 Å². The van der Waals surface area contributed by atoms with Crippen molar-refractivity contribution in [1.29, 1.82) is 0 Å². The highest BCUT2D eigenvalue weighted by molar-refractivity contribution is 5.95. The van der Waals surface area contributed by atoms with E-state index < -0.39 is 0 Å². The van der Waals surface area contributed by atoms with Crippen LogP contribution >= 0.6 is 0 Å². The number of aromatic nitrogens is 3. The number of hydrogen-bond donors (Lipinski definition) is 1. The maximum Gasteiger partial charge on any atom is 0.246 e. The molecule has 158 valence electrons. The van der Waals surface area contributed by atoms with Crippen LogP contribution in [0.5, 0.6) is 0 Å². The summed E-state index contributed by atoms with van der Waals surface area (Å²) in [5.41, 5.74) is 9.63. The zero-order chi connectivity index (χ0) is 21.5. The minimum Gasteiger partial charge on any atom is -0.373 e. The van der Waals surface area contributed by atoms with Crippen molar-refractivity contribution in [2.45, 2.75) is 31.9 Å². The Morgan fingerprint density at radius 2 is 2.06 bits per heavy atom. The molecule has 1 saturated heterocycles. The summed E-state index contributed by atoms with van der Waals surface area (Å²) in [4.78, 5) is 14.9. The van der Waals surface area contributed by atoms with E-state index in [1.807, 2.05) is 13.0 Å². The molecule has 4 heterocycles. The average molecular weight is 420 g/mol. The molecule has 0 aliphatic carbocycles. The van der Waals surface area contributed by atoms with Crippen LogP contribution in [0.15, 0.2) is 52.6 Å². The number of rotatable bonds is 4. The van der Waals surface area contributed by atoms with Gasteiger partial charge in [0, 0.05) is 23.4 Å². The number of nitrogens with zero attached hydrogens (tertiary/aromatic N) is 5. The first-order chi connectivity index (χ1) is 15.0. The molecule has 0 unspecified atom stereocenters. The van der Waals surface area contributed by atoms with Crippen molar-refractivity contribution in [3.63, 3.8) is 0 Å². The highest BCUT2D eigenvalue weighted by Crippen LogP contribution is 2.37. The molecular formula is C22H21FN6O2. The van der Waals surface area contributed by atoms with Crippen LogP contribution in [0, 0.1) is 12.7 Å². The Hall–Kier alpha value is -3.59. The van der Waals surface area contributed by atoms with Crippen LogP contribution in [-0.2, 0) is 11.3 Å². The summed E-state index contributed by atoms with van der Waals surface area (Å²) in [6, 6.07) is 8.25. The molecular weight excluding hydrogens is 399 g/mol. The molecule has 0 spiro atoms. The number of hydrogen-bond acceptors (Lipinski definition) is 8. The molecule has 8 nitrogen and oxygen atoms in total. The predicted octanol–water partition coefficient (Wildman–Crippen LogP) is 3.59. The van der Waals surface area contributed by atoms with Crippen molar-refractivity contribution in [3.8, 4) is 0 Å². The molecule has 1 fully saturated rings. The zero-order valence-electron chi connectivity index (χ0n) is 17.0. The van der Waals surface area contributed by atoms with Gasteiger partial charge in [-0.05, 0) is 42.7 Å². The third-order valence-corrected chi connectivity index (χ3v) is 5.63. The van der Waals surface area contributed by atoms with Crippen molar-refractivity contribution in [2.24, 2.45) is 10.7 Å². The third kappa shape index (κ3) is 3.57. The Morgan fingerprint density at radius 1 is 1.26 bits per heavy atom. The van der Waals surface area contributed by atoms with Gasteiger partial charge < -0.3 is 19.9 Å². The molecule has 31 heavy (non-hydrogen) atoms. The first-order valence-corrected chi connectivity index (χ1v) is 9.95. The van der Waals surface area contributed by atoms with Crippen LogP contribution in [0.4, 0.5) is 10.2 Å². The summed E-state index contributed by atoms with van der Waals surface area (Å²) in [6.07, 6.45) is 2.27. The lowest BCUT2D eigenvalue weighted by atomic mass is 10.00. The molecule has 2 aliphatic heterocycles. The lowest BCUT2D eigenvalue weighted by molar-refractivity contribution is 0.110. The number of pyridine rings is 1. The molecule has 0 amide bonds. The number of halogens is 1. The minimum atomic E-state index is -0.267. The molecule has 0 bridgehead atoms. The molecule has 2 N–H and O–H groups in total. The van der Waals surface area contributed by atoms with Gasteiger partial charge in [0.2, 0.25) is 11.9 Å². The van der Waals surface area contributed by atoms with E-state index in [2.05, 4.69) is 26.7 Å². The van der Waals surface area contributed by atoms with Crippen LogP contribution in [0.25, 0.3) is 5.70 Å². The lowest BCUT2D eigenvalue weighted by Crippen LogP contribution is -2.37. The molecule has 3 aromatic rings. The van der Waals surface area contributed by atoms with Gasteiger partial charge in [-0.15, -0.1) is 0 Å². The van der Waals surface area contributed by atoms with Crippen LogP contribution in [0.1, 0.15) is 46.8 Å². The van der Waals surface area contributed by atoms with Crippen molar-refractivity contribution in [2.75, 3.05) is 6.61 Å². The van der Waals surface area contributed by atoms with Gasteiger partial charge in [-0.3, -0.25) is 0 Å². The van der Waals surface area contributed by atoms with Crippen LogP contribution in [-0.4, -0.2) is 32.6 Å². The van der Waals surface area contributed by atoms with E-state index in [0.717, 1.165) is 16.7 Å². The maximum absolute atomic E-state index is 13.2. The normalized spacial score (nSPS) is 20.6. The van der Waals surface area contributed by atoms with Gasteiger partial charge in [-0.25, -0.2) is 9.37 Å². The fourth-order valence-electron chi connectivity index (χ4n) is 3.95. The second-order valence-corrected chi connectivity index (χ2v) is 7.68. The number of ether oxygens (including phenoxy) is 1. The van der Waals surface area contributed by atoms with E-state index in [0.29, 0.717) is 36.3 Å². The van der Waals surface area contributed by atoms with E-state index in [1.54, 1.807) is 23.2 Å². The smallest absolute Gasteiger partial charge is 0.246 e. The van der Waals surface area contributed by atoms with Crippen LogP contribution < -0.4 is 5.73 Å². The molecule has 9 heteroatoms. The van der Waals surface area contributed by atoms with Crippen molar-refractivity contribution >= 4 is 17.5 Å². The maximum atomic E-state index is 13.2. The molecule has 0 radical (unpaired) electrons. The van der Waals surface area contributed by atoms with E-state index in [-0.39, 0.29) is 30.3 Å². The van der Waals surface area contributed by atoms with Crippen LogP contribution in [0.3, 0.4) is 0 Å². The van der Waals surface area contributed by atoms with E-state index in [9.17, 15) is 4.39 Å². The molecule has 2 aromatic heterocycles.